The number of anilines is 1. The van der Waals surface area contributed by atoms with Gasteiger partial charge in [0.25, 0.3) is 0 Å². The van der Waals surface area contributed by atoms with E-state index in [4.69, 9.17) is 0 Å². The van der Waals surface area contributed by atoms with Gasteiger partial charge < -0.3 is 10.1 Å². The summed E-state index contributed by atoms with van der Waals surface area (Å²) in [6.45, 7) is 4.24. The summed E-state index contributed by atoms with van der Waals surface area (Å²) in [6.07, 6.45) is 4.96. The lowest BCUT2D eigenvalue weighted by atomic mass is 10.1. The molecule has 0 atom stereocenters. The third-order valence-electron chi connectivity index (χ3n) is 2.34. The average Bonchev–Trinajstić information content (AvgIpc) is 2.36. The fraction of sp³-hybridized carbons (Fsp3) is 0.500. The van der Waals surface area contributed by atoms with Crippen LogP contribution in [0.1, 0.15) is 38.7 Å². The van der Waals surface area contributed by atoms with Gasteiger partial charge in [-0.3, -0.25) is 0 Å². The van der Waals surface area contributed by atoms with E-state index >= 15 is 0 Å². The molecule has 0 saturated carbocycles. The van der Waals surface area contributed by atoms with Crippen LogP contribution in [0.2, 0.25) is 0 Å². The largest absolute Gasteiger partial charge is 0.388 e. The summed E-state index contributed by atoms with van der Waals surface area (Å²) >= 11 is 0. The second-order valence-electron chi connectivity index (χ2n) is 3.57. The van der Waals surface area contributed by atoms with E-state index in [1.807, 2.05) is 13.1 Å². The molecular formula is C14H23NO. The highest BCUT2D eigenvalue weighted by Gasteiger charge is 1.93. The monoisotopic (exact) mass is 221 g/mol. The molecule has 1 aromatic carbocycles. The number of nitrogens with one attached hydrogen (secondary N) is 1. The quantitative estimate of drug-likeness (QED) is 0.607. The molecule has 0 unspecified atom stereocenters. The van der Waals surface area contributed by atoms with Crippen molar-refractivity contribution < 1.29 is 4.79 Å². The van der Waals surface area contributed by atoms with Crippen molar-refractivity contribution in [3.8, 4) is 0 Å². The Kier molecular flexibility index (Phi) is 9.38. The molecule has 0 aliphatic carbocycles. The zero-order chi connectivity index (χ0) is 12.2. The minimum Gasteiger partial charge on any atom is -0.388 e. The summed E-state index contributed by atoms with van der Waals surface area (Å²) < 4.78 is 0. The van der Waals surface area contributed by atoms with Crippen molar-refractivity contribution in [3.63, 3.8) is 0 Å². The number of hydrogen-bond donors (Lipinski definition) is 1. The van der Waals surface area contributed by atoms with Crippen LogP contribution in [0.4, 0.5) is 5.69 Å². The molecule has 1 rings (SSSR count). The molecule has 0 fully saturated rings. The molecule has 0 bridgehead atoms. The van der Waals surface area contributed by atoms with Crippen molar-refractivity contribution >= 4 is 12.0 Å². The number of benzene rings is 1. The minimum absolute atomic E-state index is 0.733. The fourth-order valence-corrected chi connectivity index (χ4v) is 1.36. The van der Waals surface area contributed by atoms with Crippen LogP contribution >= 0.6 is 0 Å². The van der Waals surface area contributed by atoms with Gasteiger partial charge in [-0.1, -0.05) is 38.5 Å². The molecule has 16 heavy (non-hydrogen) atoms. The van der Waals surface area contributed by atoms with Crippen LogP contribution in [0.15, 0.2) is 24.3 Å². The fourth-order valence-electron chi connectivity index (χ4n) is 1.36. The third-order valence-corrected chi connectivity index (χ3v) is 2.34. The van der Waals surface area contributed by atoms with Gasteiger partial charge in [0.05, 0.1) is 0 Å². The van der Waals surface area contributed by atoms with Crippen molar-refractivity contribution in [2.24, 2.45) is 0 Å². The van der Waals surface area contributed by atoms with E-state index in [0.29, 0.717) is 0 Å². The minimum atomic E-state index is 0.733. The molecule has 0 amide bonds. The molecule has 0 aliphatic rings. The zero-order valence-corrected chi connectivity index (χ0v) is 10.6. The standard InChI is InChI=1S/C9H13N.C5H10O/c1-3-8-6-4-5-7-9(8)10-2;1-2-3-4-5-6/h4-7,10H,3H2,1-2H3;5H,2-4H2,1H3. The van der Waals surface area contributed by atoms with E-state index in [9.17, 15) is 4.79 Å². The molecule has 0 radical (unpaired) electrons. The third kappa shape index (κ3) is 6.23. The SMILES string of the molecule is CCCCC=O.CCc1ccccc1NC. The van der Waals surface area contributed by atoms with Gasteiger partial charge in [-0.05, 0) is 24.5 Å². The first kappa shape index (κ1) is 14.7. The molecule has 90 valence electrons. The van der Waals surface area contributed by atoms with E-state index < -0.39 is 0 Å². The normalized spacial score (nSPS) is 8.94. The van der Waals surface area contributed by atoms with Crippen molar-refractivity contribution in [1.82, 2.24) is 0 Å². The molecule has 0 heterocycles. The van der Waals surface area contributed by atoms with Crippen LogP contribution < -0.4 is 5.32 Å². The van der Waals surface area contributed by atoms with Gasteiger partial charge in [0.15, 0.2) is 0 Å². The van der Waals surface area contributed by atoms with Gasteiger partial charge in [0, 0.05) is 19.2 Å². The first-order chi connectivity index (χ1) is 7.79. The Morgan fingerprint density at radius 1 is 1.25 bits per heavy atom. The molecule has 1 aromatic rings. The van der Waals surface area contributed by atoms with Gasteiger partial charge in [-0.25, -0.2) is 0 Å². The first-order valence-corrected chi connectivity index (χ1v) is 5.99. The Bertz CT molecular complexity index is 261. The maximum Gasteiger partial charge on any atom is 0.119 e. The number of hydrogen-bond acceptors (Lipinski definition) is 2. The van der Waals surface area contributed by atoms with E-state index in [2.05, 4.69) is 37.4 Å². The topological polar surface area (TPSA) is 29.1 Å². The second-order valence-corrected chi connectivity index (χ2v) is 3.57. The Morgan fingerprint density at radius 3 is 2.31 bits per heavy atom. The molecule has 2 heteroatoms. The lowest BCUT2D eigenvalue weighted by molar-refractivity contribution is -0.107. The van der Waals surface area contributed by atoms with E-state index in [1.54, 1.807) is 0 Å². The predicted molar refractivity (Wildman–Crippen MR) is 71.0 cm³/mol. The Hall–Kier alpha value is -1.31. The number of aryl methyl sites for hydroxylation is 1. The van der Waals surface area contributed by atoms with Crippen molar-refractivity contribution in [2.75, 3.05) is 12.4 Å². The number of carbonyl (C=O) groups is 1. The summed E-state index contributed by atoms with van der Waals surface area (Å²) in [4.78, 5) is 9.56. The maximum atomic E-state index is 9.56. The second kappa shape index (κ2) is 10.2. The Morgan fingerprint density at radius 2 is 1.94 bits per heavy atom. The summed E-state index contributed by atoms with van der Waals surface area (Å²) in [5.74, 6) is 0. The molecule has 0 saturated heterocycles. The molecule has 0 aromatic heterocycles. The number of aldehydes is 1. The van der Waals surface area contributed by atoms with Crippen molar-refractivity contribution in [3.05, 3.63) is 29.8 Å². The van der Waals surface area contributed by atoms with Crippen LogP contribution in [-0.2, 0) is 11.2 Å². The van der Waals surface area contributed by atoms with Crippen molar-refractivity contribution in [1.29, 1.82) is 0 Å². The van der Waals surface area contributed by atoms with Crippen LogP contribution in [0.5, 0.6) is 0 Å². The van der Waals surface area contributed by atoms with E-state index in [0.717, 1.165) is 32.0 Å². The number of unbranched alkanes of at least 4 members (excludes halogenated alkanes) is 2. The van der Waals surface area contributed by atoms with E-state index in [1.165, 1.54) is 11.3 Å². The summed E-state index contributed by atoms with van der Waals surface area (Å²) in [5, 5.41) is 3.15. The summed E-state index contributed by atoms with van der Waals surface area (Å²) in [7, 11) is 1.95. The Balaban J connectivity index is 0.000000325. The number of rotatable bonds is 5. The lowest BCUT2D eigenvalue weighted by Crippen LogP contribution is -1.92. The average molecular weight is 221 g/mol. The van der Waals surface area contributed by atoms with Gasteiger partial charge in [0.1, 0.15) is 6.29 Å². The first-order valence-electron chi connectivity index (χ1n) is 5.99. The predicted octanol–water partition coefficient (Wildman–Crippen LogP) is 3.67. The summed E-state index contributed by atoms with van der Waals surface area (Å²) in [5.41, 5.74) is 2.62. The molecule has 1 N–H and O–H groups in total. The summed E-state index contributed by atoms with van der Waals surface area (Å²) in [6, 6.07) is 8.36. The molecule has 2 nitrogen and oxygen atoms in total. The molecule has 0 spiro atoms. The highest BCUT2D eigenvalue weighted by atomic mass is 16.1. The Labute approximate surface area is 99.1 Å². The van der Waals surface area contributed by atoms with Crippen LogP contribution in [0.3, 0.4) is 0 Å². The lowest BCUT2D eigenvalue weighted by Gasteiger charge is -2.04. The van der Waals surface area contributed by atoms with Gasteiger partial charge in [0.2, 0.25) is 0 Å². The van der Waals surface area contributed by atoms with E-state index in [-0.39, 0.29) is 0 Å². The van der Waals surface area contributed by atoms with Crippen LogP contribution in [0.25, 0.3) is 0 Å². The van der Waals surface area contributed by atoms with Gasteiger partial charge in [-0.2, -0.15) is 0 Å². The van der Waals surface area contributed by atoms with Crippen LogP contribution in [-0.4, -0.2) is 13.3 Å². The van der Waals surface area contributed by atoms with Crippen molar-refractivity contribution in [2.45, 2.75) is 39.5 Å². The molecule has 0 aliphatic heterocycles. The van der Waals surface area contributed by atoms with Gasteiger partial charge >= 0.3 is 0 Å². The smallest absolute Gasteiger partial charge is 0.119 e. The molecular weight excluding hydrogens is 198 g/mol. The number of para-hydroxylation sites is 1. The number of carbonyl (C=O) groups excluding carboxylic acids is 1. The maximum absolute atomic E-state index is 9.56. The highest BCUT2D eigenvalue weighted by molar-refractivity contribution is 5.50. The van der Waals surface area contributed by atoms with Crippen LogP contribution in [0, 0.1) is 0 Å². The highest BCUT2D eigenvalue weighted by Crippen LogP contribution is 2.13. The zero-order valence-electron chi connectivity index (χ0n) is 10.6. The van der Waals surface area contributed by atoms with Gasteiger partial charge in [-0.15, -0.1) is 0 Å².